The predicted octanol–water partition coefficient (Wildman–Crippen LogP) is 3.63. The molecule has 138 valence electrons. The Hall–Kier alpha value is -3.41. The van der Waals surface area contributed by atoms with Gasteiger partial charge in [0.2, 0.25) is 11.8 Å². The zero-order chi connectivity index (χ0) is 19.1. The molecule has 6 heteroatoms. The number of para-hydroxylation sites is 1. The van der Waals surface area contributed by atoms with Crippen molar-refractivity contribution in [1.29, 1.82) is 0 Å². The number of rotatable bonds is 7. The number of benzene rings is 2. The van der Waals surface area contributed by atoms with Gasteiger partial charge >= 0.3 is 0 Å². The third-order valence-corrected chi connectivity index (χ3v) is 3.97. The number of carbonyl (C=O) groups is 2. The Morgan fingerprint density at radius 2 is 1.70 bits per heavy atom. The van der Waals surface area contributed by atoms with Gasteiger partial charge in [-0.3, -0.25) is 9.59 Å². The Morgan fingerprint density at radius 3 is 2.41 bits per heavy atom. The summed E-state index contributed by atoms with van der Waals surface area (Å²) in [7, 11) is 0. The minimum atomic E-state index is -0.447. The molecule has 0 unspecified atom stereocenters. The van der Waals surface area contributed by atoms with Gasteiger partial charge in [-0.2, -0.15) is 0 Å². The maximum Gasteiger partial charge on any atom is 0.244 e. The minimum absolute atomic E-state index is 0.127. The average molecular weight is 366 g/mol. The number of furan rings is 1. The van der Waals surface area contributed by atoms with E-state index in [4.69, 9.17) is 4.42 Å². The summed E-state index contributed by atoms with van der Waals surface area (Å²) in [6.45, 7) is -0.0363. The number of anilines is 1. The molecule has 0 aliphatic rings. The van der Waals surface area contributed by atoms with E-state index in [0.717, 1.165) is 0 Å². The number of nitrogens with zero attached hydrogens (tertiary/aromatic N) is 1. The van der Waals surface area contributed by atoms with Crippen molar-refractivity contribution in [3.8, 4) is 0 Å². The second kappa shape index (κ2) is 8.80. The average Bonchev–Trinajstić information content (AvgIpc) is 3.17. The smallest absolute Gasteiger partial charge is 0.244 e. The maximum absolute atomic E-state index is 13.9. The summed E-state index contributed by atoms with van der Waals surface area (Å²) in [5, 5.41) is 2.74. The standard InChI is InChI=1S/C21H19FN2O3/c22-19-11-5-4-7-16(19)13-21(26)24(14-18-10-6-12-27-18)15-20(25)23-17-8-2-1-3-9-17/h1-12H,13-15H2,(H,23,25). The van der Waals surface area contributed by atoms with Crippen molar-refractivity contribution in [2.75, 3.05) is 11.9 Å². The monoisotopic (exact) mass is 366 g/mol. The van der Waals surface area contributed by atoms with E-state index in [1.807, 2.05) is 6.07 Å². The molecule has 0 aliphatic carbocycles. The van der Waals surface area contributed by atoms with Crippen molar-refractivity contribution in [2.45, 2.75) is 13.0 Å². The van der Waals surface area contributed by atoms with E-state index in [2.05, 4.69) is 5.32 Å². The van der Waals surface area contributed by atoms with Crippen molar-refractivity contribution in [3.63, 3.8) is 0 Å². The van der Waals surface area contributed by atoms with Crippen LogP contribution in [0.25, 0.3) is 0 Å². The van der Waals surface area contributed by atoms with Crippen LogP contribution in [-0.4, -0.2) is 23.3 Å². The van der Waals surface area contributed by atoms with Crippen LogP contribution in [0.2, 0.25) is 0 Å². The number of carbonyl (C=O) groups excluding carboxylic acids is 2. The fourth-order valence-electron chi connectivity index (χ4n) is 2.63. The summed E-state index contributed by atoms with van der Waals surface area (Å²) in [4.78, 5) is 26.4. The highest BCUT2D eigenvalue weighted by Crippen LogP contribution is 2.12. The molecule has 1 N–H and O–H groups in total. The van der Waals surface area contributed by atoms with Crippen LogP contribution >= 0.6 is 0 Å². The normalized spacial score (nSPS) is 10.4. The Bertz CT molecular complexity index is 895. The van der Waals surface area contributed by atoms with E-state index in [1.165, 1.54) is 17.2 Å². The van der Waals surface area contributed by atoms with Gasteiger partial charge in [0.1, 0.15) is 18.1 Å². The molecule has 0 saturated heterocycles. The van der Waals surface area contributed by atoms with Gasteiger partial charge in [0.25, 0.3) is 0 Å². The molecule has 0 atom stereocenters. The fraction of sp³-hybridized carbons (Fsp3) is 0.143. The second-order valence-corrected chi connectivity index (χ2v) is 6.01. The highest BCUT2D eigenvalue weighted by atomic mass is 19.1. The summed E-state index contributed by atoms with van der Waals surface area (Å²) in [6, 6.07) is 18.5. The number of hydrogen-bond donors (Lipinski definition) is 1. The van der Waals surface area contributed by atoms with Gasteiger partial charge < -0.3 is 14.6 Å². The highest BCUT2D eigenvalue weighted by molar-refractivity contribution is 5.94. The summed E-state index contributed by atoms with van der Waals surface area (Å²) >= 11 is 0. The molecule has 1 aromatic heterocycles. The summed E-state index contributed by atoms with van der Waals surface area (Å²) < 4.78 is 19.2. The van der Waals surface area contributed by atoms with Crippen LogP contribution in [0.5, 0.6) is 0 Å². The molecular formula is C21H19FN2O3. The molecule has 0 radical (unpaired) electrons. The first-order valence-corrected chi connectivity index (χ1v) is 8.50. The number of nitrogens with one attached hydrogen (secondary N) is 1. The van der Waals surface area contributed by atoms with Crippen molar-refractivity contribution in [3.05, 3.63) is 90.1 Å². The van der Waals surface area contributed by atoms with Gasteiger partial charge in [0.05, 0.1) is 19.2 Å². The van der Waals surface area contributed by atoms with Crippen LogP contribution in [0, 0.1) is 5.82 Å². The SMILES string of the molecule is O=C(CN(Cc1ccco1)C(=O)Cc1ccccc1F)Nc1ccccc1. The van der Waals surface area contributed by atoms with Crippen LogP contribution < -0.4 is 5.32 Å². The van der Waals surface area contributed by atoms with E-state index < -0.39 is 5.82 Å². The van der Waals surface area contributed by atoms with Crippen LogP contribution in [0.1, 0.15) is 11.3 Å². The van der Waals surface area contributed by atoms with Crippen molar-refractivity contribution >= 4 is 17.5 Å². The second-order valence-electron chi connectivity index (χ2n) is 6.01. The van der Waals surface area contributed by atoms with Crippen molar-refractivity contribution in [1.82, 2.24) is 4.90 Å². The molecule has 2 aromatic carbocycles. The number of hydrogen-bond acceptors (Lipinski definition) is 3. The number of amides is 2. The highest BCUT2D eigenvalue weighted by Gasteiger charge is 2.20. The van der Waals surface area contributed by atoms with E-state index in [1.54, 1.807) is 54.6 Å². The zero-order valence-corrected chi connectivity index (χ0v) is 14.6. The quantitative estimate of drug-likeness (QED) is 0.695. The molecule has 5 nitrogen and oxygen atoms in total. The first kappa shape index (κ1) is 18.4. The summed E-state index contributed by atoms with van der Waals surface area (Å²) in [6.07, 6.45) is 1.37. The van der Waals surface area contributed by atoms with E-state index in [9.17, 15) is 14.0 Å². The van der Waals surface area contributed by atoms with Gasteiger partial charge in [0.15, 0.2) is 0 Å². The van der Waals surface area contributed by atoms with Gasteiger partial charge in [-0.25, -0.2) is 4.39 Å². The van der Waals surface area contributed by atoms with E-state index in [-0.39, 0.29) is 36.9 Å². The van der Waals surface area contributed by atoms with Gasteiger partial charge in [-0.15, -0.1) is 0 Å². The van der Waals surface area contributed by atoms with E-state index >= 15 is 0 Å². The molecule has 0 bridgehead atoms. The number of halogens is 1. The third kappa shape index (κ3) is 5.28. The largest absolute Gasteiger partial charge is 0.467 e. The lowest BCUT2D eigenvalue weighted by Crippen LogP contribution is -2.38. The molecule has 3 aromatic rings. The maximum atomic E-state index is 13.9. The van der Waals surface area contributed by atoms with Crippen LogP contribution in [0.3, 0.4) is 0 Å². The molecular weight excluding hydrogens is 347 g/mol. The Labute approximate surface area is 156 Å². The van der Waals surface area contributed by atoms with Crippen molar-refractivity contribution in [2.24, 2.45) is 0 Å². The Kier molecular flexibility index (Phi) is 5.99. The fourth-order valence-corrected chi connectivity index (χ4v) is 2.63. The molecule has 3 rings (SSSR count). The third-order valence-electron chi connectivity index (χ3n) is 3.97. The molecule has 1 heterocycles. The zero-order valence-electron chi connectivity index (χ0n) is 14.6. The summed E-state index contributed by atoms with van der Waals surface area (Å²) in [5.74, 6) is -0.601. The first-order valence-electron chi connectivity index (χ1n) is 8.50. The van der Waals surface area contributed by atoms with Crippen LogP contribution in [-0.2, 0) is 22.6 Å². The lowest BCUT2D eigenvalue weighted by Gasteiger charge is -2.21. The van der Waals surface area contributed by atoms with Gasteiger partial charge in [-0.1, -0.05) is 36.4 Å². The molecule has 27 heavy (non-hydrogen) atoms. The molecule has 0 aliphatic heterocycles. The molecule has 0 fully saturated rings. The van der Waals surface area contributed by atoms with Crippen molar-refractivity contribution < 1.29 is 18.4 Å². The first-order chi connectivity index (χ1) is 13.1. The lowest BCUT2D eigenvalue weighted by molar-refractivity contribution is -0.135. The summed E-state index contributed by atoms with van der Waals surface area (Å²) in [5.41, 5.74) is 0.928. The van der Waals surface area contributed by atoms with Crippen LogP contribution in [0.15, 0.2) is 77.4 Å². The molecule has 0 spiro atoms. The topological polar surface area (TPSA) is 62.6 Å². The predicted molar refractivity (Wildman–Crippen MR) is 99.3 cm³/mol. The van der Waals surface area contributed by atoms with Gasteiger partial charge in [0, 0.05) is 5.69 Å². The Balaban J connectivity index is 1.71. The van der Waals surface area contributed by atoms with Crippen LogP contribution in [0.4, 0.5) is 10.1 Å². The minimum Gasteiger partial charge on any atom is -0.467 e. The Morgan fingerprint density at radius 1 is 0.963 bits per heavy atom. The molecule has 2 amide bonds. The van der Waals surface area contributed by atoms with Gasteiger partial charge in [-0.05, 0) is 35.9 Å². The lowest BCUT2D eigenvalue weighted by atomic mass is 10.1. The van der Waals surface area contributed by atoms with E-state index in [0.29, 0.717) is 11.4 Å². The molecule has 0 saturated carbocycles.